The number of aryl methyl sites for hydroxylation is 1. The standard InChI is InChI=1S/C18H28N4O/c1-21-14-16(13-19-21)7-8-17(23)20-18(9-3-2-4-10-18)15-22-11-5-6-12-22/h7-8,13-14H,2-6,9-12,15H2,1H3,(H,20,23). The van der Waals surface area contributed by atoms with E-state index in [0.717, 1.165) is 24.9 Å². The Bertz CT molecular complexity index is 551. The highest BCUT2D eigenvalue weighted by molar-refractivity contribution is 5.92. The quantitative estimate of drug-likeness (QED) is 0.848. The van der Waals surface area contributed by atoms with Gasteiger partial charge in [0, 0.05) is 31.4 Å². The third-order valence-electron chi connectivity index (χ3n) is 5.08. The number of nitrogens with one attached hydrogen (secondary N) is 1. The van der Waals surface area contributed by atoms with E-state index in [1.54, 1.807) is 17.0 Å². The predicted octanol–water partition coefficient (Wildman–Crippen LogP) is 2.35. The molecule has 1 aliphatic carbocycles. The van der Waals surface area contributed by atoms with E-state index in [1.165, 1.54) is 45.2 Å². The van der Waals surface area contributed by atoms with E-state index in [0.29, 0.717) is 0 Å². The molecule has 2 aliphatic rings. The summed E-state index contributed by atoms with van der Waals surface area (Å²) in [5, 5.41) is 7.46. The van der Waals surface area contributed by atoms with Gasteiger partial charge < -0.3 is 10.2 Å². The number of aromatic nitrogens is 2. The zero-order valence-electron chi connectivity index (χ0n) is 14.1. The maximum Gasteiger partial charge on any atom is 0.244 e. The highest BCUT2D eigenvalue weighted by Gasteiger charge is 2.35. The molecule has 1 aliphatic heterocycles. The number of nitrogens with zero attached hydrogens (tertiary/aromatic N) is 3. The Hall–Kier alpha value is -1.62. The fourth-order valence-corrected chi connectivity index (χ4v) is 3.92. The minimum atomic E-state index is -0.0288. The molecular weight excluding hydrogens is 288 g/mol. The summed E-state index contributed by atoms with van der Waals surface area (Å²) >= 11 is 0. The van der Waals surface area contributed by atoms with Crippen LogP contribution in [0.1, 0.15) is 50.5 Å². The number of likely N-dealkylation sites (tertiary alicyclic amines) is 1. The van der Waals surface area contributed by atoms with E-state index >= 15 is 0 Å². The lowest BCUT2D eigenvalue weighted by Crippen LogP contribution is -2.55. The summed E-state index contributed by atoms with van der Waals surface area (Å²) in [5.41, 5.74) is 0.929. The first-order chi connectivity index (χ1) is 11.2. The number of hydrogen-bond donors (Lipinski definition) is 1. The third-order valence-corrected chi connectivity index (χ3v) is 5.08. The van der Waals surface area contributed by atoms with Gasteiger partial charge in [-0.3, -0.25) is 9.48 Å². The van der Waals surface area contributed by atoms with Gasteiger partial charge in [-0.2, -0.15) is 5.10 Å². The second kappa shape index (κ2) is 7.30. The van der Waals surface area contributed by atoms with Crippen molar-refractivity contribution in [2.45, 2.75) is 50.5 Å². The van der Waals surface area contributed by atoms with Crippen LogP contribution < -0.4 is 5.32 Å². The summed E-state index contributed by atoms with van der Waals surface area (Å²) in [6.45, 7) is 3.38. The van der Waals surface area contributed by atoms with Crippen molar-refractivity contribution in [1.29, 1.82) is 0 Å². The van der Waals surface area contributed by atoms with Gasteiger partial charge in [0.25, 0.3) is 0 Å². The van der Waals surface area contributed by atoms with Gasteiger partial charge in [0.05, 0.1) is 11.7 Å². The van der Waals surface area contributed by atoms with Crippen molar-refractivity contribution in [2.24, 2.45) is 7.05 Å². The Kier molecular flexibility index (Phi) is 5.16. The second-order valence-corrected chi connectivity index (χ2v) is 7.09. The Morgan fingerprint density at radius 2 is 2.00 bits per heavy atom. The second-order valence-electron chi connectivity index (χ2n) is 7.09. The van der Waals surface area contributed by atoms with Crippen molar-refractivity contribution in [3.63, 3.8) is 0 Å². The van der Waals surface area contributed by atoms with Crippen molar-refractivity contribution < 1.29 is 4.79 Å². The average molecular weight is 316 g/mol. The fourth-order valence-electron chi connectivity index (χ4n) is 3.92. The van der Waals surface area contributed by atoms with E-state index in [1.807, 2.05) is 19.3 Å². The summed E-state index contributed by atoms with van der Waals surface area (Å²) in [4.78, 5) is 15.0. The van der Waals surface area contributed by atoms with Crippen molar-refractivity contribution in [3.05, 3.63) is 24.0 Å². The summed E-state index contributed by atoms with van der Waals surface area (Å²) in [7, 11) is 1.88. The lowest BCUT2D eigenvalue weighted by molar-refractivity contribution is -0.119. The molecule has 3 rings (SSSR count). The molecule has 1 aromatic rings. The molecule has 0 radical (unpaired) electrons. The topological polar surface area (TPSA) is 50.2 Å². The van der Waals surface area contributed by atoms with Crippen LogP contribution >= 0.6 is 0 Å². The van der Waals surface area contributed by atoms with Crippen molar-refractivity contribution in [1.82, 2.24) is 20.0 Å². The van der Waals surface area contributed by atoms with Crippen molar-refractivity contribution in [2.75, 3.05) is 19.6 Å². The first kappa shape index (κ1) is 16.2. The van der Waals surface area contributed by atoms with Crippen LogP contribution in [0.2, 0.25) is 0 Å². The zero-order valence-corrected chi connectivity index (χ0v) is 14.1. The van der Waals surface area contributed by atoms with Gasteiger partial charge in [0.2, 0.25) is 5.91 Å². The normalized spacial score (nSPS) is 21.8. The maximum absolute atomic E-state index is 12.4. The SMILES string of the molecule is Cn1cc(C=CC(=O)NC2(CN3CCCC3)CCCCC2)cn1. The molecular formula is C18H28N4O. The van der Waals surface area contributed by atoms with Gasteiger partial charge in [0.1, 0.15) is 0 Å². The number of amides is 1. The van der Waals surface area contributed by atoms with Gasteiger partial charge in [-0.25, -0.2) is 0 Å². The maximum atomic E-state index is 12.4. The number of carbonyl (C=O) groups excluding carboxylic acids is 1. The molecule has 1 saturated heterocycles. The summed E-state index contributed by atoms with van der Waals surface area (Å²) < 4.78 is 1.74. The Balaban J connectivity index is 1.62. The lowest BCUT2D eigenvalue weighted by Gasteiger charge is -2.40. The van der Waals surface area contributed by atoms with Gasteiger partial charge >= 0.3 is 0 Å². The number of rotatable bonds is 5. The van der Waals surface area contributed by atoms with Gasteiger partial charge in [0.15, 0.2) is 0 Å². The molecule has 0 bridgehead atoms. The van der Waals surface area contributed by atoms with Crippen molar-refractivity contribution in [3.8, 4) is 0 Å². The van der Waals surface area contributed by atoms with E-state index in [9.17, 15) is 4.79 Å². The van der Waals surface area contributed by atoms with Crippen LogP contribution in [0.5, 0.6) is 0 Å². The molecule has 0 spiro atoms. The molecule has 1 saturated carbocycles. The van der Waals surface area contributed by atoms with Crippen LogP contribution in [0, 0.1) is 0 Å². The minimum Gasteiger partial charge on any atom is -0.346 e. The smallest absolute Gasteiger partial charge is 0.244 e. The van der Waals surface area contributed by atoms with Gasteiger partial charge in [-0.1, -0.05) is 19.3 Å². The Morgan fingerprint density at radius 1 is 1.26 bits per heavy atom. The Morgan fingerprint density at radius 3 is 2.65 bits per heavy atom. The molecule has 1 amide bonds. The van der Waals surface area contributed by atoms with Gasteiger partial charge in [-0.05, 0) is 44.8 Å². The number of carbonyl (C=O) groups is 1. The van der Waals surface area contributed by atoms with Crippen LogP contribution in [0.3, 0.4) is 0 Å². The number of hydrogen-bond acceptors (Lipinski definition) is 3. The van der Waals surface area contributed by atoms with Gasteiger partial charge in [-0.15, -0.1) is 0 Å². The average Bonchev–Trinajstić information content (AvgIpc) is 3.17. The lowest BCUT2D eigenvalue weighted by atomic mass is 9.81. The minimum absolute atomic E-state index is 0.0231. The highest BCUT2D eigenvalue weighted by Crippen LogP contribution is 2.30. The fraction of sp³-hybridized carbons (Fsp3) is 0.667. The first-order valence-electron chi connectivity index (χ1n) is 8.87. The van der Waals surface area contributed by atoms with Crippen LogP contribution in [-0.2, 0) is 11.8 Å². The molecule has 126 valence electrons. The third kappa shape index (κ3) is 4.44. The highest BCUT2D eigenvalue weighted by atomic mass is 16.1. The zero-order chi connectivity index (χ0) is 16.1. The molecule has 5 heteroatoms. The molecule has 0 unspecified atom stereocenters. The summed E-state index contributed by atoms with van der Waals surface area (Å²) in [6, 6.07) is 0. The Labute approximate surface area is 138 Å². The van der Waals surface area contributed by atoms with E-state index < -0.39 is 0 Å². The van der Waals surface area contributed by atoms with Crippen LogP contribution in [0.4, 0.5) is 0 Å². The van der Waals surface area contributed by atoms with Crippen LogP contribution in [-0.4, -0.2) is 45.8 Å². The molecule has 5 nitrogen and oxygen atoms in total. The first-order valence-corrected chi connectivity index (χ1v) is 8.87. The predicted molar refractivity (Wildman–Crippen MR) is 91.9 cm³/mol. The largest absolute Gasteiger partial charge is 0.346 e. The van der Waals surface area contributed by atoms with E-state index in [-0.39, 0.29) is 11.4 Å². The van der Waals surface area contributed by atoms with E-state index in [4.69, 9.17) is 0 Å². The van der Waals surface area contributed by atoms with Crippen LogP contribution in [0.15, 0.2) is 18.5 Å². The summed E-state index contributed by atoms with van der Waals surface area (Å²) in [5.74, 6) is 0.0231. The molecule has 23 heavy (non-hydrogen) atoms. The molecule has 0 atom stereocenters. The van der Waals surface area contributed by atoms with E-state index in [2.05, 4.69) is 15.3 Å². The molecule has 0 aromatic carbocycles. The summed E-state index contributed by atoms with van der Waals surface area (Å²) in [6.07, 6.45) is 15.7. The molecule has 1 N–H and O–H groups in total. The molecule has 2 heterocycles. The molecule has 1 aromatic heterocycles. The van der Waals surface area contributed by atoms with Crippen LogP contribution in [0.25, 0.3) is 6.08 Å². The molecule has 2 fully saturated rings. The van der Waals surface area contributed by atoms with Crippen molar-refractivity contribution >= 4 is 12.0 Å². The monoisotopic (exact) mass is 316 g/mol.